The molecule has 7 heteroatoms. The van der Waals surface area contributed by atoms with Gasteiger partial charge in [-0.2, -0.15) is 13.2 Å². The number of methoxy groups -OCH3 is 1. The Labute approximate surface area is 180 Å². The molecule has 2 aliphatic rings. The Hall–Kier alpha value is -2.38. The number of likely N-dealkylation sites (tertiary alicyclic amines) is 1. The molecule has 1 fully saturated rings. The van der Waals surface area contributed by atoms with Crippen LogP contribution in [0.1, 0.15) is 35.1 Å². The highest BCUT2D eigenvalue weighted by molar-refractivity contribution is 5.92. The molecule has 0 N–H and O–H groups in total. The van der Waals surface area contributed by atoms with Gasteiger partial charge in [0.1, 0.15) is 5.75 Å². The van der Waals surface area contributed by atoms with Crippen LogP contribution in [-0.4, -0.2) is 49.4 Å². The second kappa shape index (κ2) is 8.28. The second-order valence-electron chi connectivity index (χ2n) is 8.32. The van der Waals surface area contributed by atoms with Gasteiger partial charge in [0.05, 0.1) is 12.7 Å². The molecule has 31 heavy (non-hydrogen) atoms. The average molecular weight is 432 g/mol. The number of rotatable bonds is 5. The van der Waals surface area contributed by atoms with Crippen LogP contribution in [0, 0.1) is 0 Å². The lowest BCUT2D eigenvalue weighted by molar-refractivity contribution is -0.146. The SMILES string of the molecule is COc1cccc2c1CCN(C)C2(C(=O)Cc1ccc(C(F)(F)F)cc1)N1CCCC1. The van der Waals surface area contributed by atoms with Gasteiger partial charge in [-0.3, -0.25) is 14.6 Å². The van der Waals surface area contributed by atoms with Gasteiger partial charge in [0.15, 0.2) is 11.4 Å². The van der Waals surface area contributed by atoms with Crippen LogP contribution in [-0.2, 0) is 29.5 Å². The van der Waals surface area contributed by atoms with E-state index in [1.807, 2.05) is 25.2 Å². The van der Waals surface area contributed by atoms with E-state index in [1.165, 1.54) is 12.1 Å². The number of fused-ring (bicyclic) bond motifs is 1. The van der Waals surface area contributed by atoms with Crippen molar-refractivity contribution in [1.29, 1.82) is 0 Å². The van der Waals surface area contributed by atoms with E-state index >= 15 is 0 Å². The molecule has 0 saturated carbocycles. The lowest BCUT2D eigenvalue weighted by Gasteiger charge is -2.50. The predicted molar refractivity (Wildman–Crippen MR) is 112 cm³/mol. The summed E-state index contributed by atoms with van der Waals surface area (Å²) in [5, 5.41) is 0. The van der Waals surface area contributed by atoms with Gasteiger partial charge < -0.3 is 4.74 Å². The third kappa shape index (κ3) is 3.74. The Kier molecular flexibility index (Phi) is 5.83. The van der Waals surface area contributed by atoms with E-state index in [0.29, 0.717) is 12.1 Å². The normalized spacial score (nSPS) is 22.4. The minimum Gasteiger partial charge on any atom is -0.496 e. The molecule has 166 valence electrons. The van der Waals surface area contributed by atoms with Crippen LogP contribution in [0.15, 0.2) is 42.5 Å². The van der Waals surface area contributed by atoms with Crippen LogP contribution in [0.3, 0.4) is 0 Å². The molecule has 1 unspecified atom stereocenters. The number of likely N-dealkylation sites (N-methyl/N-ethyl adjacent to an activating group) is 1. The van der Waals surface area contributed by atoms with Crippen molar-refractivity contribution in [3.05, 3.63) is 64.7 Å². The molecule has 2 aliphatic heterocycles. The molecular formula is C24H27F3N2O2. The smallest absolute Gasteiger partial charge is 0.416 e. The third-order valence-electron chi connectivity index (χ3n) is 6.58. The van der Waals surface area contributed by atoms with Crippen molar-refractivity contribution in [2.24, 2.45) is 0 Å². The van der Waals surface area contributed by atoms with Gasteiger partial charge in [-0.1, -0.05) is 24.3 Å². The fourth-order valence-corrected chi connectivity index (χ4v) is 5.10. The summed E-state index contributed by atoms with van der Waals surface area (Å²) in [6, 6.07) is 10.7. The maximum absolute atomic E-state index is 14.0. The van der Waals surface area contributed by atoms with Crippen molar-refractivity contribution in [1.82, 2.24) is 9.80 Å². The third-order valence-corrected chi connectivity index (χ3v) is 6.58. The first-order valence-corrected chi connectivity index (χ1v) is 10.6. The summed E-state index contributed by atoms with van der Waals surface area (Å²) in [5.41, 5.74) is 0.902. The van der Waals surface area contributed by atoms with Crippen LogP contribution in [0.5, 0.6) is 5.75 Å². The Morgan fingerprint density at radius 2 is 1.74 bits per heavy atom. The molecule has 0 aliphatic carbocycles. The number of halogens is 3. The van der Waals surface area contributed by atoms with Crippen molar-refractivity contribution in [3.8, 4) is 5.75 Å². The highest BCUT2D eigenvalue weighted by Gasteiger charge is 2.52. The summed E-state index contributed by atoms with van der Waals surface area (Å²) in [6.07, 6.45) is -1.52. The minimum absolute atomic E-state index is 0.0224. The molecule has 2 aromatic rings. The van der Waals surface area contributed by atoms with Crippen molar-refractivity contribution >= 4 is 5.78 Å². The van der Waals surface area contributed by atoms with Gasteiger partial charge in [-0.15, -0.1) is 0 Å². The molecule has 0 bridgehead atoms. The Morgan fingerprint density at radius 1 is 1.06 bits per heavy atom. The van der Waals surface area contributed by atoms with E-state index in [4.69, 9.17) is 4.74 Å². The molecule has 2 aromatic carbocycles. The van der Waals surface area contributed by atoms with Gasteiger partial charge in [0.2, 0.25) is 0 Å². The Morgan fingerprint density at radius 3 is 2.35 bits per heavy atom. The van der Waals surface area contributed by atoms with Crippen LogP contribution >= 0.6 is 0 Å². The molecule has 0 spiro atoms. The zero-order valence-corrected chi connectivity index (χ0v) is 17.8. The maximum atomic E-state index is 14.0. The first kappa shape index (κ1) is 21.8. The van der Waals surface area contributed by atoms with Crippen LogP contribution in [0.25, 0.3) is 0 Å². The number of Topliss-reactive ketones (excluding diaryl/α,β-unsaturated/α-hetero) is 1. The topological polar surface area (TPSA) is 32.8 Å². The molecule has 4 rings (SSSR count). The summed E-state index contributed by atoms with van der Waals surface area (Å²) < 4.78 is 44.4. The molecule has 0 radical (unpaired) electrons. The number of carbonyl (C=O) groups is 1. The maximum Gasteiger partial charge on any atom is 0.416 e. The summed E-state index contributed by atoms with van der Waals surface area (Å²) in [6.45, 7) is 2.31. The monoisotopic (exact) mass is 432 g/mol. The lowest BCUT2D eigenvalue weighted by atomic mass is 9.81. The summed E-state index contributed by atoms with van der Waals surface area (Å²) in [7, 11) is 3.60. The van der Waals surface area contributed by atoms with E-state index in [9.17, 15) is 18.0 Å². The second-order valence-corrected chi connectivity index (χ2v) is 8.32. The van der Waals surface area contributed by atoms with Crippen LogP contribution < -0.4 is 4.74 Å². The number of alkyl halides is 3. The minimum atomic E-state index is -4.39. The number of ketones is 1. The molecular weight excluding hydrogens is 405 g/mol. The van der Waals surface area contributed by atoms with Gasteiger partial charge >= 0.3 is 6.18 Å². The molecule has 1 atom stereocenters. The van der Waals surface area contributed by atoms with E-state index in [0.717, 1.165) is 61.4 Å². The van der Waals surface area contributed by atoms with E-state index < -0.39 is 17.4 Å². The fraction of sp³-hybridized carbons (Fsp3) is 0.458. The lowest BCUT2D eigenvalue weighted by Crippen LogP contribution is -2.63. The number of carbonyl (C=O) groups excluding carboxylic acids is 1. The first-order chi connectivity index (χ1) is 14.8. The van der Waals surface area contributed by atoms with E-state index in [-0.39, 0.29) is 12.2 Å². The summed E-state index contributed by atoms with van der Waals surface area (Å²) >= 11 is 0. The quantitative estimate of drug-likeness (QED) is 0.707. The summed E-state index contributed by atoms with van der Waals surface area (Å²) in [4.78, 5) is 18.3. The summed E-state index contributed by atoms with van der Waals surface area (Å²) in [5.74, 6) is 0.752. The Balaban J connectivity index is 1.76. The molecule has 0 aromatic heterocycles. The zero-order valence-electron chi connectivity index (χ0n) is 17.8. The molecule has 2 heterocycles. The van der Waals surface area contributed by atoms with Crippen molar-refractivity contribution in [2.45, 2.75) is 37.5 Å². The number of hydrogen-bond acceptors (Lipinski definition) is 4. The first-order valence-electron chi connectivity index (χ1n) is 10.6. The number of nitrogens with zero attached hydrogens (tertiary/aromatic N) is 2. The van der Waals surface area contributed by atoms with Gasteiger partial charge in [-0.05, 0) is 50.1 Å². The van der Waals surface area contributed by atoms with Gasteiger partial charge in [-0.25, -0.2) is 0 Å². The number of ether oxygens (including phenoxy) is 1. The molecule has 1 saturated heterocycles. The van der Waals surface area contributed by atoms with Gasteiger partial charge in [0.25, 0.3) is 0 Å². The largest absolute Gasteiger partial charge is 0.496 e. The van der Waals surface area contributed by atoms with E-state index in [1.54, 1.807) is 7.11 Å². The standard InChI is InChI=1S/C24H27F3N2O2/c1-28-15-12-19-20(6-5-7-21(19)31-2)23(28,29-13-3-4-14-29)22(30)16-17-8-10-18(11-9-17)24(25,26)27/h5-11H,3-4,12-16H2,1-2H3. The van der Waals surface area contributed by atoms with Crippen molar-refractivity contribution in [3.63, 3.8) is 0 Å². The molecule has 0 amide bonds. The zero-order chi connectivity index (χ0) is 22.2. The highest BCUT2D eigenvalue weighted by Crippen LogP contribution is 2.44. The fourth-order valence-electron chi connectivity index (χ4n) is 5.10. The highest BCUT2D eigenvalue weighted by atomic mass is 19.4. The van der Waals surface area contributed by atoms with E-state index in [2.05, 4.69) is 9.80 Å². The van der Waals surface area contributed by atoms with Crippen LogP contribution in [0.2, 0.25) is 0 Å². The number of benzene rings is 2. The average Bonchev–Trinajstić information content (AvgIpc) is 3.28. The van der Waals surface area contributed by atoms with Gasteiger partial charge in [0, 0.05) is 37.2 Å². The van der Waals surface area contributed by atoms with Crippen LogP contribution in [0.4, 0.5) is 13.2 Å². The number of hydrogen-bond donors (Lipinski definition) is 0. The van der Waals surface area contributed by atoms with Crippen molar-refractivity contribution < 1.29 is 22.7 Å². The van der Waals surface area contributed by atoms with Crippen molar-refractivity contribution in [2.75, 3.05) is 33.8 Å². The molecule has 4 nitrogen and oxygen atoms in total. The Bertz CT molecular complexity index is 952. The predicted octanol–water partition coefficient (Wildman–Crippen LogP) is 4.26.